The van der Waals surface area contributed by atoms with Crippen molar-refractivity contribution in [1.82, 2.24) is 15.1 Å². The number of rotatable bonds is 6. The molecule has 1 heterocycles. The lowest BCUT2D eigenvalue weighted by atomic mass is 10.0. The highest BCUT2D eigenvalue weighted by molar-refractivity contribution is 5.90. The van der Waals surface area contributed by atoms with Gasteiger partial charge in [0, 0.05) is 26.7 Å². The highest BCUT2D eigenvalue weighted by Gasteiger charge is 2.34. The lowest BCUT2D eigenvalue weighted by Gasteiger charge is -2.35. The molecule has 0 spiro atoms. The fourth-order valence-electron chi connectivity index (χ4n) is 2.92. The van der Waals surface area contributed by atoms with Gasteiger partial charge in [-0.1, -0.05) is 18.2 Å². The first-order valence-corrected chi connectivity index (χ1v) is 8.60. The van der Waals surface area contributed by atoms with E-state index < -0.39 is 29.7 Å². The third kappa shape index (κ3) is 5.69. The summed E-state index contributed by atoms with van der Waals surface area (Å²) in [4.78, 5) is 38.7. The number of esters is 1. The summed E-state index contributed by atoms with van der Waals surface area (Å²) in [6.45, 7) is 0.564. The fourth-order valence-corrected chi connectivity index (χ4v) is 2.92. The largest absolute Gasteiger partial charge is 0.468 e. The van der Waals surface area contributed by atoms with E-state index in [2.05, 4.69) is 10.1 Å². The average Bonchev–Trinajstić information content (AvgIpc) is 2.63. The van der Waals surface area contributed by atoms with E-state index in [-0.39, 0.29) is 25.4 Å². The van der Waals surface area contributed by atoms with Crippen molar-refractivity contribution in [2.45, 2.75) is 25.2 Å². The normalized spacial score (nSPS) is 17.8. The minimum absolute atomic E-state index is 0.0933. The van der Waals surface area contributed by atoms with Gasteiger partial charge in [-0.15, -0.1) is 0 Å². The van der Waals surface area contributed by atoms with E-state index in [1.54, 1.807) is 11.0 Å². The monoisotopic (exact) mass is 401 g/mol. The van der Waals surface area contributed by atoms with Gasteiger partial charge in [0.2, 0.25) is 11.8 Å². The molecule has 0 unspecified atom stereocenters. The molecule has 0 bridgehead atoms. The Hall–Kier alpha value is -2.62. The van der Waals surface area contributed by atoms with Crippen LogP contribution >= 0.6 is 0 Å². The number of hydrogen-bond acceptors (Lipinski definition) is 5. The van der Waals surface area contributed by atoms with E-state index in [0.29, 0.717) is 18.7 Å². The summed E-state index contributed by atoms with van der Waals surface area (Å²) >= 11 is 0. The minimum Gasteiger partial charge on any atom is -0.468 e. The quantitative estimate of drug-likeness (QED) is 0.721. The Balaban J connectivity index is 2.11. The van der Waals surface area contributed by atoms with Crippen molar-refractivity contribution in [3.05, 3.63) is 35.4 Å². The van der Waals surface area contributed by atoms with Gasteiger partial charge < -0.3 is 15.0 Å². The number of nitrogens with zero attached hydrogens (tertiary/aromatic N) is 2. The summed E-state index contributed by atoms with van der Waals surface area (Å²) in [6.07, 6.45) is -4.65. The number of hydrogen-bond donors (Lipinski definition) is 1. The fraction of sp³-hybridized carbons (Fsp3) is 0.500. The molecule has 0 saturated carbocycles. The van der Waals surface area contributed by atoms with Gasteiger partial charge in [0.15, 0.2) is 0 Å². The Labute approximate surface area is 160 Å². The van der Waals surface area contributed by atoms with E-state index in [0.717, 1.165) is 17.0 Å². The van der Waals surface area contributed by atoms with Gasteiger partial charge in [0.1, 0.15) is 6.54 Å². The molecular formula is C18H22F3N3O4. The maximum atomic E-state index is 12.9. The summed E-state index contributed by atoms with van der Waals surface area (Å²) in [7, 11) is 2.61. The first-order chi connectivity index (χ1) is 13.1. The van der Waals surface area contributed by atoms with E-state index in [1.807, 2.05) is 0 Å². The topological polar surface area (TPSA) is 78.9 Å². The predicted octanol–water partition coefficient (Wildman–Crippen LogP) is 1.03. The van der Waals surface area contributed by atoms with Crippen molar-refractivity contribution in [2.75, 3.05) is 33.8 Å². The zero-order chi connectivity index (χ0) is 20.9. The van der Waals surface area contributed by atoms with Gasteiger partial charge in [0.25, 0.3) is 0 Å². The minimum atomic E-state index is -4.46. The van der Waals surface area contributed by atoms with Crippen LogP contribution in [0.15, 0.2) is 24.3 Å². The first kappa shape index (κ1) is 21.7. The van der Waals surface area contributed by atoms with Gasteiger partial charge in [-0.05, 0) is 11.6 Å². The highest BCUT2D eigenvalue weighted by Crippen LogP contribution is 2.30. The molecule has 28 heavy (non-hydrogen) atoms. The molecule has 1 fully saturated rings. The number of ether oxygens (including phenoxy) is 1. The molecular weight excluding hydrogens is 379 g/mol. The van der Waals surface area contributed by atoms with Gasteiger partial charge in [-0.2, -0.15) is 13.2 Å². The average molecular weight is 401 g/mol. The summed E-state index contributed by atoms with van der Waals surface area (Å²) in [6, 6.07) is 4.04. The molecule has 0 aromatic heterocycles. The second-order valence-electron chi connectivity index (χ2n) is 6.51. The Morgan fingerprint density at radius 2 is 2.07 bits per heavy atom. The molecule has 1 aliphatic heterocycles. The SMILES string of the molecule is COC(=O)CN(C)C(=O)C[C@@H]1C(=O)NCCN1Cc1cccc(C(F)(F)F)c1. The number of methoxy groups -OCH3 is 1. The summed E-state index contributed by atoms with van der Waals surface area (Å²) in [5, 5.41) is 2.66. The maximum Gasteiger partial charge on any atom is 0.416 e. The summed E-state index contributed by atoms with van der Waals surface area (Å²) in [5.74, 6) is -1.41. The van der Waals surface area contributed by atoms with Crippen molar-refractivity contribution >= 4 is 17.8 Å². The number of halogens is 3. The molecule has 154 valence electrons. The molecule has 2 rings (SSSR count). The number of amides is 2. The number of piperazine rings is 1. The molecule has 1 aromatic rings. The second-order valence-corrected chi connectivity index (χ2v) is 6.51. The third-order valence-corrected chi connectivity index (χ3v) is 4.47. The van der Waals surface area contributed by atoms with Gasteiger partial charge in [-0.3, -0.25) is 19.3 Å². The number of nitrogens with one attached hydrogen (secondary N) is 1. The van der Waals surface area contributed by atoms with Crippen LogP contribution in [0.2, 0.25) is 0 Å². The number of benzene rings is 1. The standard InChI is InChI=1S/C18H22F3N3O4/c1-23(11-16(26)28-2)15(25)9-14-17(27)22-6-7-24(14)10-12-4-3-5-13(8-12)18(19,20)21/h3-5,8,14H,6-7,9-11H2,1-2H3,(H,22,27)/t14-/m1/s1. The van der Waals surface area contributed by atoms with Crippen molar-refractivity contribution in [3.8, 4) is 0 Å². The molecule has 1 saturated heterocycles. The maximum absolute atomic E-state index is 12.9. The lowest BCUT2D eigenvalue weighted by molar-refractivity contribution is -0.147. The van der Waals surface area contributed by atoms with Crippen LogP contribution in [0.5, 0.6) is 0 Å². The van der Waals surface area contributed by atoms with Gasteiger partial charge >= 0.3 is 12.1 Å². The molecule has 10 heteroatoms. The molecule has 0 aliphatic carbocycles. The first-order valence-electron chi connectivity index (χ1n) is 8.60. The summed E-state index contributed by atoms with van der Waals surface area (Å²) < 4.78 is 43.2. The molecule has 7 nitrogen and oxygen atoms in total. The van der Waals surface area contributed by atoms with Crippen LogP contribution < -0.4 is 5.32 Å². The van der Waals surface area contributed by atoms with E-state index in [1.165, 1.54) is 20.2 Å². The molecule has 1 aromatic carbocycles. The van der Waals surface area contributed by atoms with Crippen LogP contribution in [0.3, 0.4) is 0 Å². The van der Waals surface area contributed by atoms with Crippen molar-refractivity contribution < 1.29 is 32.3 Å². The van der Waals surface area contributed by atoms with Crippen LogP contribution in [0.1, 0.15) is 17.5 Å². The lowest BCUT2D eigenvalue weighted by Crippen LogP contribution is -2.56. The highest BCUT2D eigenvalue weighted by atomic mass is 19.4. The second kappa shape index (κ2) is 9.05. The van der Waals surface area contributed by atoms with Crippen LogP contribution in [-0.2, 0) is 31.8 Å². The van der Waals surface area contributed by atoms with Crippen LogP contribution in [0, 0.1) is 0 Å². The Morgan fingerprint density at radius 3 is 2.71 bits per heavy atom. The summed E-state index contributed by atoms with van der Waals surface area (Å²) in [5.41, 5.74) is -0.373. The van der Waals surface area contributed by atoms with Crippen molar-refractivity contribution in [1.29, 1.82) is 0 Å². The van der Waals surface area contributed by atoms with E-state index in [4.69, 9.17) is 0 Å². The molecule has 1 aliphatic rings. The number of likely N-dealkylation sites (N-methyl/N-ethyl adjacent to an activating group) is 1. The van der Waals surface area contributed by atoms with Crippen LogP contribution in [0.4, 0.5) is 13.2 Å². The van der Waals surface area contributed by atoms with Crippen molar-refractivity contribution in [3.63, 3.8) is 0 Å². The van der Waals surface area contributed by atoms with Crippen molar-refractivity contribution in [2.24, 2.45) is 0 Å². The van der Waals surface area contributed by atoms with E-state index in [9.17, 15) is 27.6 Å². The number of alkyl halides is 3. The number of carbonyl (C=O) groups excluding carboxylic acids is 3. The smallest absolute Gasteiger partial charge is 0.416 e. The van der Waals surface area contributed by atoms with Gasteiger partial charge in [0.05, 0.1) is 25.1 Å². The zero-order valence-corrected chi connectivity index (χ0v) is 15.6. The predicted molar refractivity (Wildman–Crippen MR) is 92.9 cm³/mol. The van der Waals surface area contributed by atoms with Gasteiger partial charge in [-0.25, -0.2) is 0 Å². The molecule has 1 N–H and O–H groups in total. The van der Waals surface area contributed by atoms with Crippen LogP contribution in [0.25, 0.3) is 0 Å². The molecule has 0 radical (unpaired) electrons. The Kier molecular flexibility index (Phi) is 7.00. The molecule has 2 amide bonds. The third-order valence-electron chi connectivity index (χ3n) is 4.47. The van der Waals surface area contributed by atoms with E-state index >= 15 is 0 Å². The Bertz CT molecular complexity index is 739. The van der Waals surface area contributed by atoms with Crippen LogP contribution in [-0.4, -0.2) is 67.4 Å². The molecule has 1 atom stereocenters. The Morgan fingerprint density at radius 1 is 1.36 bits per heavy atom. The zero-order valence-electron chi connectivity index (χ0n) is 15.6. The number of carbonyl (C=O) groups is 3.